The highest BCUT2D eigenvalue weighted by molar-refractivity contribution is 5.96. The van der Waals surface area contributed by atoms with Crippen molar-refractivity contribution in [1.82, 2.24) is 9.80 Å². The van der Waals surface area contributed by atoms with Crippen molar-refractivity contribution < 1.29 is 14.3 Å². The van der Waals surface area contributed by atoms with E-state index in [1.165, 1.54) is 6.07 Å². The first-order chi connectivity index (χ1) is 9.47. The maximum Gasteiger partial charge on any atom is 0.257 e. The summed E-state index contributed by atoms with van der Waals surface area (Å²) in [5.41, 5.74) is 0.0438. The van der Waals surface area contributed by atoms with E-state index in [2.05, 4.69) is 18.7 Å². The number of aromatic hydroxyl groups is 1. The lowest BCUT2D eigenvalue weighted by Gasteiger charge is -2.35. The smallest absolute Gasteiger partial charge is 0.257 e. The molecule has 1 heterocycles. The summed E-state index contributed by atoms with van der Waals surface area (Å²) in [6.07, 6.45) is 0. The lowest BCUT2D eigenvalue weighted by molar-refractivity contribution is 0.0620. The normalized spacial score (nSPS) is 16.7. The first kappa shape index (κ1) is 14.8. The molecule has 0 bridgehead atoms. The van der Waals surface area contributed by atoms with E-state index in [9.17, 15) is 14.3 Å². The molecular formula is C15H21FN2O2. The third kappa shape index (κ3) is 3.48. The Labute approximate surface area is 118 Å². The molecule has 0 aromatic heterocycles. The van der Waals surface area contributed by atoms with Crippen molar-refractivity contribution in [2.24, 2.45) is 5.92 Å². The molecule has 0 unspecified atom stereocenters. The highest BCUT2D eigenvalue weighted by atomic mass is 19.1. The van der Waals surface area contributed by atoms with Crippen molar-refractivity contribution >= 4 is 5.91 Å². The van der Waals surface area contributed by atoms with Crippen LogP contribution in [0.25, 0.3) is 0 Å². The Morgan fingerprint density at radius 1 is 1.30 bits per heavy atom. The third-order valence-corrected chi connectivity index (χ3v) is 3.47. The molecular weight excluding hydrogens is 259 g/mol. The summed E-state index contributed by atoms with van der Waals surface area (Å²) in [5, 5.41) is 9.68. The molecule has 1 amide bonds. The second kappa shape index (κ2) is 6.22. The van der Waals surface area contributed by atoms with Crippen molar-refractivity contribution in [3.8, 4) is 5.75 Å². The number of hydrogen-bond donors (Lipinski definition) is 1. The lowest BCUT2D eigenvalue weighted by atomic mass is 10.1. The van der Waals surface area contributed by atoms with E-state index < -0.39 is 5.82 Å². The Morgan fingerprint density at radius 2 is 1.95 bits per heavy atom. The minimum absolute atomic E-state index is 0.0438. The summed E-state index contributed by atoms with van der Waals surface area (Å²) < 4.78 is 13.2. The predicted octanol–water partition coefficient (Wildman–Crippen LogP) is 1.95. The molecule has 0 saturated carbocycles. The van der Waals surface area contributed by atoms with Crippen LogP contribution in [0.15, 0.2) is 18.2 Å². The summed E-state index contributed by atoms with van der Waals surface area (Å²) in [4.78, 5) is 16.3. The maximum atomic E-state index is 13.2. The monoisotopic (exact) mass is 280 g/mol. The van der Waals surface area contributed by atoms with Gasteiger partial charge < -0.3 is 10.0 Å². The van der Waals surface area contributed by atoms with Gasteiger partial charge in [-0.2, -0.15) is 0 Å². The van der Waals surface area contributed by atoms with Gasteiger partial charge in [-0.25, -0.2) is 4.39 Å². The second-order valence-electron chi connectivity index (χ2n) is 5.65. The quantitative estimate of drug-likeness (QED) is 0.920. The van der Waals surface area contributed by atoms with Gasteiger partial charge in [0.1, 0.15) is 11.6 Å². The molecule has 1 aliphatic rings. The number of nitrogens with zero attached hydrogens (tertiary/aromatic N) is 2. The number of phenolic OH excluding ortho intramolecular Hbond substituents is 1. The molecule has 20 heavy (non-hydrogen) atoms. The molecule has 110 valence electrons. The fourth-order valence-electron chi connectivity index (χ4n) is 2.50. The van der Waals surface area contributed by atoms with Crippen LogP contribution in [-0.4, -0.2) is 53.5 Å². The topological polar surface area (TPSA) is 43.8 Å². The molecule has 1 aromatic rings. The number of carbonyl (C=O) groups excluding carboxylic acids is 1. The third-order valence-electron chi connectivity index (χ3n) is 3.47. The van der Waals surface area contributed by atoms with Crippen molar-refractivity contribution in [3.05, 3.63) is 29.6 Å². The number of piperazine rings is 1. The SMILES string of the molecule is CC(C)CN1CCN(C(=O)c2cc(F)ccc2O)CC1. The molecule has 1 aromatic carbocycles. The van der Waals surface area contributed by atoms with Crippen LogP contribution in [0.4, 0.5) is 4.39 Å². The molecule has 5 heteroatoms. The van der Waals surface area contributed by atoms with Gasteiger partial charge in [-0.15, -0.1) is 0 Å². The van der Waals surface area contributed by atoms with E-state index in [1.807, 2.05) is 0 Å². The van der Waals surface area contributed by atoms with Crippen LogP contribution in [0.1, 0.15) is 24.2 Å². The number of benzene rings is 1. The lowest BCUT2D eigenvalue weighted by Crippen LogP contribution is -2.49. The van der Waals surface area contributed by atoms with Gasteiger partial charge in [0.2, 0.25) is 0 Å². The molecule has 0 radical (unpaired) electrons. The predicted molar refractivity (Wildman–Crippen MR) is 75.2 cm³/mol. The summed E-state index contributed by atoms with van der Waals surface area (Å²) in [7, 11) is 0. The van der Waals surface area contributed by atoms with Gasteiger partial charge >= 0.3 is 0 Å². The highest BCUT2D eigenvalue weighted by Gasteiger charge is 2.24. The summed E-state index contributed by atoms with van der Waals surface area (Å²) in [5.74, 6) is -0.374. The van der Waals surface area contributed by atoms with Crippen LogP contribution in [-0.2, 0) is 0 Å². The zero-order chi connectivity index (χ0) is 14.7. The van der Waals surface area contributed by atoms with E-state index in [4.69, 9.17) is 0 Å². The van der Waals surface area contributed by atoms with Gasteiger partial charge in [-0.3, -0.25) is 9.69 Å². The van der Waals surface area contributed by atoms with Crippen LogP contribution in [0.2, 0.25) is 0 Å². The largest absolute Gasteiger partial charge is 0.507 e. The van der Waals surface area contributed by atoms with Crippen LogP contribution in [0.5, 0.6) is 5.75 Å². The number of hydrogen-bond acceptors (Lipinski definition) is 3. The van der Waals surface area contributed by atoms with Gasteiger partial charge in [-0.05, 0) is 24.1 Å². The zero-order valence-corrected chi connectivity index (χ0v) is 12.0. The minimum Gasteiger partial charge on any atom is -0.507 e. The molecule has 1 saturated heterocycles. The molecule has 0 atom stereocenters. The van der Waals surface area contributed by atoms with Gasteiger partial charge in [0.15, 0.2) is 0 Å². The maximum absolute atomic E-state index is 13.2. The fraction of sp³-hybridized carbons (Fsp3) is 0.533. The van der Waals surface area contributed by atoms with Gasteiger partial charge in [-0.1, -0.05) is 13.8 Å². The van der Waals surface area contributed by atoms with E-state index in [0.29, 0.717) is 19.0 Å². The Morgan fingerprint density at radius 3 is 2.55 bits per heavy atom. The van der Waals surface area contributed by atoms with Crippen LogP contribution >= 0.6 is 0 Å². The summed E-state index contributed by atoms with van der Waals surface area (Å²) in [6.45, 7) is 8.22. The van der Waals surface area contributed by atoms with Crippen molar-refractivity contribution in [2.45, 2.75) is 13.8 Å². The Balaban J connectivity index is 2.00. The minimum atomic E-state index is -0.510. The van der Waals surface area contributed by atoms with E-state index in [0.717, 1.165) is 31.8 Å². The van der Waals surface area contributed by atoms with Gasteiger partial charge in [0.05, 0.1) is 5.56 Å². The zero-order valence-electron chi connectivity index (χ0n) is 12.0. The average Bonchev–Trinajstić information content (AvgIpc) is 2.41. The number of halogens is 1. The van der Waals surface area contributed by atoms with Crippen molar-refractivity contribution in [2.75, 3.05) is 32.7 Å². The van der Waals surface area contributed by atoms with Crippen molar-refractivity contribution in [3.63, 3.8) is 0 Å². The summed E-state index contributed by atoms with van der Waals surface area (Å²) >= 11 is 0. The molecule has 1 aliphatic heterocycles. The van der Waals surface area contributed by atoms with E-state index in [-0.39, 0.29) is 17.2 Å². The fourth-order valence-corrected chi connectivity index (χ4v) is 2.50. The molecule has 0 aliphatic carbocycles. The molecule has 1 fully saturated rings. The Hall–Kier alpha value is -1.62. The number of amides is 1. The molecule has 2 rings (SSSR count). The number of phenols is 1. The standard InChI is InChI=1S/C15H21FN2O2/c1-11(2)10-17-5-7-18(8-6-17)15(20)13-9-12(16)3-4-14(13)19/h3-4,9,11,19H,5-8,10H2,1-2H3. The number of rotatable bonds is 3. The van der Waals surface area contributed by atoms with E-state index in [1.54, 1.807) is 4.90 Å². The second-order valence-corrected chi connectivity index (χ2v) is 5.65. The van der Waals surface area contributed by atoms with Gasteiger partial charge in [0.25, 0.3) is 5.91 Å². The first-order valence-electron chi connectivity index (χ1n) is 6.97. The van der Waals surface area contributed by atoms with Crippen LogP contribution in [0, 0.1) is 11.7 Å². The van der Waals surface area contributed by atoms with Crippen LogP contribution < -0.4 is 0 Å². The molecule has 1 N–H and O–H groups in total. The highest BCUT2D eigenvalue weighted by Crippen LogP contribution is 2.20. The number of carbonyl (C=O) groups is 1. The van der Waals surface area contributed by atoms with E-state index >= 15 is 0 Å². The van der Waals surface area contributed by atoms with Crippen LogP contribution in [0.3, 0.4) is 0 Å². The Kier molecular flexibility index (Phi) is 4.60. The molecule has 4 nitrogen and oxygen atoms in total. The molecule has 0 spiro atoms. The average molecular weight is 280 g/mol. The van der Waals surface area contributed by atoms with Crippen molar-refractivity contribution in [1.29, 1.82) is 0 Å². The van der Waals surface area contributed by atoms with Gasteiger partial charge in [0, 0.05) is 32.7 Å². The Bertz CT molecular complexity index is 483. The summed E-state index contributed by atoms with van der Waals surface area (Å²) in [6, 6.07) is 3.46. The first-order valence-corrected chi connectivity index (χ1v) is 6.97.